The third kappa shape index (κ3) is 2.80. The number of imidazole rings is 2. The lowest BCUT2D eigenvalue weighted by atomic mass is 10.1. The van der Waals surface area contributed by atoms with Crippen molar-refractivity contribution in [2.45, 2.75) is 31.0 Å². The summed E-state index contributed by atoms with van der Waals surface area (Å²) in [5.74, 6) is -0.134. The summed E-state index contributed by atoms with van der Waals surface area (Å²) in [7, 11) is 1.73. The Morgan fingerprint density at radius 2 is 2.36 bits per heavy atom. The van der Waals surface area contributed by atoms with Gasteiger partial charge in [-0.15, -0.1) is 0 Å². The van der Waals surface area contributed by atoms with Crippen molar-refractivity contribution in [3.8, 4) is 0 Å². The van der Waals surface area contributed by atoms with Crippen molar-refractivity contribution >= 4 is 12.0 Å². The third-order valence-electron chi connectivity index (χ3n) is 4.22. The first kappa shape index (κ1) is 14.5. The van der Waals surface area contributed by atoms with Crippen LogP contribution in [0, 0.1) is 0 Å². The molecule has 0 aromatic carbocycles. The number of aromatic amines is 1. The fourth-order valence-corrected chi connectivity index (χ4v) is 2.95. The Labute approximate surface area is 128 Å². The number of hydrogen-bond donors (Lipinski definition) is 2. The van der Waals surface area contributed by atoms with Crippen LogP contribution in [-0.4, -0.2) is 54.6 Å². The van der Waals surface area contributed by atoms with Crippen LogP contribution in [0.25, 0.3) is 6.08 Å². The number of aromatic nitrogens is 4. The highest BCUT2D eigenvalue weighted by atomic mass is 16.3. The first-order valence-electron chi connectivity index (χ1n) is 7.25. The van der Waals surface area contributed by atoms with Crippen molar-refractivity contribution in [3.05, 3.63) is 43.0 Å². The zero-order valence-corrected chi connectivity index (χ0v) is 12.3. The predicted molar refractivity (Wildman–Crippen MR) is 80.7 cm³/mol. The van der Waals surface area contributed by atoms with Crippen LogP contribution in [-0.2, 0) is 4.79 Å². The first-order chi connectivity index (χ1) is 10.7. The van der Waals surface area contributed by atoms with E-state index < -0.39 is 6.10 Å². The number of likely N-dealkylation sites (N-methyl/N-ethyl adjacent to an activating group) is 1. The normalized spacial score (nSPS) is 24.9. The topological polar surface area (TPSA) is 87.0 Å². The Kier molecular flexibility index (Phi) is 4.06. The largest absolute Gasteiger partial charge is 0.389 e. The number of carbonyl (C=O) groups is 1. The summed E-state index contributed by atoms with van der Waals surface area (Å²) < 4.78 is 1.91. The molecule has 0 aliphatic heterocycles. The number of H-pyrrole nitrogens is 1. The summed E-state index contributed by atoms with van der Waals surface area (Å²) in [6.07, 6.45) is 12.6. The van der Waals surface area contributed by atoms with Gasteiger partial charge in [0.1, 0.15) is 0 Å². The van der Waals surface area contributed by atoms with Crippen LogP contribution >= 0.6 is 0 Å². The van der Waals surface area contributed by atoms with Gasteiger partial charge in [-0.25, -0.2) is 9.97 Å². The molecule has 2 aromatic rings. The van der Waals surface area contributed by atoms with Gasteiger partial charge in [-0.05, 0) is 18.9 Å². The number of carbonyl (C=O) groups excluding carboxylic acids is 1. The number of nitrogens with one attached hydrogen (secondary N) is 1. The van der Waals surface area contributed by atoms with E-state index in [-0.39, 0.29) is 18.0 Å². The standard InChI is InChI=1S/C15H19N5O2/c1-19(14(21)5-2-11-8-17-9-18-11)12-3-4-13(15(12)22)20-7-6-16-10-20/h2,5-10,12-13,15,22H,3-4H2,1H3,(H,17,18)/t12-,13-,15-/m1/s1. The van der Waals surface area contributed by atoms with Crippen molar-refractivity contribution < 1.29 is 9.90 Å². The zero-order chi connectivity index (χ0) is 15.5. The Bertz CT molecular complexity index is 635. The van der Waals surface area contributed by atoms with E-state index in [1.165, 1.54) is 6.08 Å². The molecule has 1 aliphatic rings. The van der Waals surface area contributed by atoms with E-state index in [9.17, 15) is 9.90 Å². The number of rotatable bonds is 4. The number of nitrogens with zero attached hydrogens (tertiary/aromatic N) is 4. The molecule has 1 saturated carbocycles. The van der Waals surface area contributed by atoms with Gasteiger partial charge >= 0.3 is 0 Å². The van der Waals surface area contributed by atoms with Gasteiger partial charge in [0.2, 0.25) is 5.91 Å². The van der Waals surface area contributed by atoms with Crippen LogP contribution in [0.4, 0.5) is 0 Å². The van der Waals surface area contributed by atoms with Crippen LogP contribution < -0.4 is 0 Å². The van der Waals surface area contributed by atoms with E-state index in [0.29, 0.717) is 0 Å². The molecule has 1 fully saturated rings. The first-order valence-corrected chi connectivity index (χ1v) is 7.25. The third-order valence-corrected chi connectivity index (χ3v) is 4.22. The van der Waals surface area contributed by atoms with Crippen LogP contribution in [0.3, 0.4) is 0 Å². The Balaban J connectivity index is 1.65. The molecule has 1 amide bonds. The summed E-state index contributed by atoms with van der Waals surface area (Å²) in [6, 6.07) is -0.217. The molecule has 7 heteroatoms. The van der Waals surface area contributed by atoms with E-state index in [0.717, 1.165) is 18.5 Å². The summed E-state index contributed by atoms with van der Waals surface area (Å²) >= 11 is 0. The number of hydrogen-bond acceptors (Lipinski definition) is 4. The summed E-state index contributed by atoms with van der Waals surface area (Å²) in [4.78, 5) is 24.7. The maximum Gasteiger partial charge on any atom is 0.246 e. The molecular formula is C15H19N5O2. The highest BCUT2D eigenvalue weighted by molar-refractivity contribution is 5.91. The fraction of sp³-hybridized carbons (Fsp3) is 0.400. The smallest absolute Gasteiger partial charge is 0.246 e. The molecular weight excluding hydrogens is 282 g/mol. The van der Waals surface area contributed by atoms with Gasteiger partial charge in [-0.2, -0.15) is 0 Å². The van der Waals surface area contributed by atoms with Crippen LogP contribution in [0.2, 0.25) is 0 Å². The van der Waals surface area contributed by atoms with Crippen LogP contribution in [0.1, 0.15) is 24.6 Å². The second-order valence-corrected chi connectivity index (χ2v) is 5.50. The van der Waals surface area contributed by atoms with Crippen LogP contribution in [0.5, 0.6) is 0 Å². The highest BCUT2D eigenvalue weighted by Gasteiger charge is 2.38. The van der Waals surface area contributed by atoms with E-state index in [2.05, 4.69) is 15.0 Å². The maximum atomic E-state index is 12.2. The average molecular weight is 301 g/mol. The van der Waals surface area contributed by atoms with Crippen LogP contribution in [0.15, 0.2) is 37.3 Å². The second kappa shape index (κ2) is 6.15. The van der Waals surface area contributed by atoms with Gasteiger partial charge in [0.15, 0.2) is 0 Å². The van der Waals surface area contributed by atoms with Crippen molar-refractivity contribution in [2.75, 3.05) is 7.05 Å². The molecule has 1 aliphatic carbocycles. The Hall–Kier alpha value is -2.41. The number of aliphatic hydroxyl groups excluding tert-OH is 1. The van der Waals surface area contributed by atoms with E-state index in [1.807, 2.05) is 10.8 Å². The molecule has 0 saturated heterocycles. The molecule has 3 atom stereocenters. The summed E-state index contributed by atoms with van der Waals surface area (Å²) in [6.45, 7) is 0. The van der Waals surface area contributed by atoms with Crippen molar-refractivity contribution in [2.24, 2.45) is 0 Å². The Morgan fingerprint density at radius 3 is 3.05 bits per heavy atom. The van der Waals surface area contributed by atoms with E-state index in [4.69, 9.17) is 0 Å². The Morgan fingerprint density at radius 1 is 1.50 bits per heavy atom. The molecule has 7 nitrogen and oxygen atoms in total. The van der Waals surface area contributed by atoms with Gasteiger partial charge in [-0.3, -0.25) is 4.79 Å². The van der Waals surface area contributed by atoms with Gasteiger partial charge in [-0.1, -0.05) is 0 Å². The van der Waals surface area contributed by atoms with E-state index >= 15 is 0 Å². The SMILES string of the molecule is CN(C(=O)C=Cc1cnc[nH]1)[C@@H]1CC[C@@H](n2ccnc2)[C@@H]1O. The van der Waals surface area contributed by atoms with Gasteiger partial charge < -0.3 is 19.6 Å². The second-order valence-electron chi connectivity index (χ2n) is 5.50. The molecule has 0 radical (unpaired) electrons. The van der Waals surface area contributed by atoms with Gasteiger partial charge in [0.05, 0.1) is 42.7 Å². The lowest BCUT2D eigenvalue weighted by Crippen LogP contribution is -2.42. The van der Waals surface area contributed by atoms with Gasteiger partial charge in [0, 0.05) is 25.5 Å². The molecule has 2 N–H and O–H groups in total. The minimum absolute atomic E-state index is 0.0284. The highest BCUT2D eigenvalue weighted by Crippen LogP contribution is 2.33. The van der Waals surface area contributed by atoms with Crippen molar-refractivity contribution in [1.29, 1.82) is 0 Å². The monoisotopic (exact) mass is 301 g/mol. The molecule has 0 bridgehead atoms. The molecule has 0 unspecified atom stereocenters. The lowest BCUT2D eigenvalue weighted by Gasteiger charge is -2.28. The maximum absolute atomic E-state index is 12.2. The molecule has 0 spiro atoms. The average Bonchev–Trinajstić information content (AvgIpc) is 3.25. The lowest BCUT2D eigenvalue weighted by molar-refractivity contribution is -0.128. The number of amides is 1. The summed E-state index contributed by atoms with van der Waals surface area (Å²) in [5, 5.41) is 10.5. The molecule has 2 heterocycles. The van der Waals surface area contributed by atoms with Gasteiger partial charge in [0.25, 0.3) is 0 Å². The molecule has 116 valence electrons. The van der Waals surface area contributed by atoms with E-state index in [1.54, 1.807) is 43.1 Å². The van der Waals surface area contributed by atoms with Crippen molar-refractivity contribution in [1.82, 2.24) is 24.4 Å². The predicted octanol–water partition coefficient (Wildman–Crippen LogP) is 0.842. The summed E-state index contributed by atoms with van der Waals surface area (Å²) in [5.41, 5.74) is 0.769. The molecule has 22 heavy (non-hydrogen) atoms. The molecule has 2 aromatic heterocycles. The number of aliphatic hydroxyl groups is 1. The van der Waals surface area contributed by atoms with Crippen molar-refractivity contribution in [3.63, 3.8) is 0 Å². The molecule has 3 rings (SSSR count). The zero-order valence-electron chi connectivity index (χ0n) is 12.3. The quantitative estimate of drug-likeness (QED) is 0.819. The minimum atomic E-state index is -0.594. The minimum Gasteiger partial charge on any atom is -0.389 e. The fourth-order valence-electron chi connectivity index (χ4n) is 2.95.